The lowest BCUT2D eigenvalue weighted by Crippen LogP contribution is -2.24. The predicted molar refractivity (Wildman–Crippen MR) is 59.8 cm³/mol. The van der Waals surface area contributed by atoms with Gasteiger partial charge in [-0.15, -0.1) is 0 Å². The molecule has 1 aromatic rings. The van der Waals surface area contributed by atoms with Gasteiger partial charge in [-0.1, -0.05) is 0 Å². The van der Waals surface area contributed by atoms with Crippen LogP contribution < -0.4 is 11.1 Å². The van der Waals surface area contributed by atoms with Crippen molar-refractivity contribution in [1.82, 2.24) is 5.32 Å². The van der Waals surface area contributed by atoms with Crippen molar-refractivity contribution >= 4 is 5.91 Å². The van der Waals surface area contributed by atoms with E-state index in [9.17, 15) is 4.79 Å². The minimum atomic E-state index is -0.329. The molecule has 0 aliphatic heterocycles. The van der Waals surface area contributed by atoms with Crippen molar-refractivity contribution in [3.05, 3.63) is 23.7 Å². The first-order chi connectivity index (χ1) is 7.63. The van der Waals surface area contributed by atoms with Crippen LogP contribution in [-0.4, -0.2) is 23.7 Å². The second-order valence-corrected chi connectivity index (χ2v) is 3.72. The Kier molecular flexibility index (Phi) is 5.01. The number of carbonyl (C=O) groups excluding carboxylic acids is 1. The van der Waals surface area contributed by atoms with Gasteiger partial charge in [-0.25, -0.2) is 0 Å². The minimum absolute atomic E-state index is 0.245. The van der Waals surface area contributed by atoms with Crippen molar-refractivity contribution in [2.24, 2.45) is 5.73 Å². The number of hydrogen-bond donors (Lipinski definition) is 3. The van der Waals surface area contributed by atoms with E-state index in [0.29, 0.717) is 18.7 Å². The summed E-state index contributed by atoms with van der Waals surface area (Å²) in [5.74, 6) is 0.622. The van der Waals surface area contributed by atoms with Crippen molar-refractivity contribution < 1.29 is 14.3 Å². The summed E-state index contributed by atoms with van der Waals surface area (Å²) in [6, 6.07) is 3.29. The molecule has 90 valence electrons. The van der Waals surface area contributed by atoms with Gasteiger partial charge in [0.25, 0.3) is 5.91 Å². The van der Waals surface area contributed by atoms with Gasteiger partial charge in [0.2, 0.25) is 0 Å². The molecule has 4 N–H and O–H groups in total. The van der Waals surface area contributed by atoms with E-state index in [1.54, 1.807) is 19.1 Å². The predicted octanol–water partition coefficient (Wildman–Crippen LogP) is 0.629. The number of amides is 1. The first-order valence-corrected chi connectivity index (χ1v) is 5.38. The van der Waals surface area contributed by atoms with Crippen molar-refractivity contribution in [3.63, 3.8) is 0 Å². The van der Waals surface area contributed by atoms with E-state index in [0.717, 1.165) is 6.42 Å². The van der Waals surface area contributed by atoms with E-state index in [2.05, 4.69) is 5.32 Å². The standard InChI is InChI=1S/C11H18N2O3/c1-8(14)3-2-6-13-11(15)10-5-4-9(7-12)16-10/h4-5,8,14H,2-3,6-7,12H2,1H3,(H,13,15). The lowest BCUT2D eigenvalue weighted by atomic mass is 10.2. The van der Waals surface area contributed by atoms with Crippen LogP contribution >= 0.6 is 0 Å². The van der Waals surface area contributed by atoms with Crippen LogP contribution in [0.5, 0.6) is 0 Å². The van der Waals surface area contributed by atoms with E-state index < -0.39 is 0 Å². The van der Waals surface area contributed by atoms with Gasteiger partial charge in [-0.05, 0) is 31.9 Å². The summed E-state index contributed by atoms with van der Waals surface area (Å²) < 4.78 is 5.19. The van der Waals surface area contributed by atoms with E-state index in [1.165, 1.54) is 0 Å². The summed E-state index contributed by atoms with van der Waals surface area (Å²) in [6.07, 6.45) is 1.09. The molecule has 1 aromatic heterocycles. The van der Waals surface area contributed by atoms with Crippen molar-refractivity contribution in [2.45, 2.75) is 32.4 Å². The molecule has 1 atom stereocenters. The molecule has 0 fully saturated rings. The second kappa shape index (κ2) is 6.30. The first kappa shape index (κ1) is 12.7. The minimum Gasteiger partial charge on any atom is -0.455 e. The zero-order chi connectivity index (χ0) is 12.0. The highest BCUT2D eigenvalue weighted by molar-refractivity contribution is 5.91. The molecule has 0 saturated heterocycles. The molecule has 5 nitrogen and oxygen atoms in total. The summed E-state index contributed by atoms with van der Waals surface area (Å²) in [4.78, 5) is 11.5. The number of carbonyl (C=O) groups is 1. The zero-order valence-electron chi connectivity index (χ0n) is 9.40. The van der Waals surface area contributed by atoms with Crippen molar-refractivity contribution in [3.8, 4) is 0 Å². The van der Waals surface area contributed by atoms with Gasteiger partial charge in [0.1, 0.15) is 5.76 Å². The second-order valence-electron chi connectivity index (χ2n) is 3.72. The average molecular weight is 226 g/mol. The van der Waals surface area contributed by atoms with Crippen LogP contribution in [0.1, 0.15) is 36.1 Å². The number of aliphatic hydroxyl groups excluding tert-OH is 1. The monoisotopic (exact) mass is 226 g/mol. The van der Waals surface area contributed by atoms with E-state index >= 15 is 0 Å². The Morgan fingerprint density at radius 2 is 2.38 bits per heavy atom. The van der Waals surface area contributed by atoms with Crippen molar-refractivity contribution in [2.75, 3.05) is 6.54 Å². The van der Waals surface area contributed by atoms with Crippen LogP contribution in [0.25, 0.3) is 0 Å². The molecular formula is C11H18N2O3. The molecule has 0 bridgehead atoms. The molecule has 1 unspecified atom stereocenters. The Labute approximate surface area is 94.6 Å². The molecule has 1 heterocycles. The van der Waals surface area contributed by atoms with Crippen LogP contribution in [0.2, 0.25) is 0 Å². The number of furan rings is 1. The maximum atomic E-state index is 11.5. The zero-order valence-corrected chi connectivity index (χ0v) is 9.40. The van der Waals surface area contributed by atoms with Crippen LogP contribution in [0.4, 0.5) is 0 Å². The SMILES string of the molecule is CC(O)CCCNC(=O)c1ccc(CN)o1. The van der Waals surface area contributed by atoms with E-state index in [-0.39, 0.29) is 24.3 Å². The van der Waals surface area contributed by atoms with E-state index in [1.807, 2.05) is 0 Å². The Hall–Kier alpha value is -1.33. The molecule has 0 aliphatic rings. The van der Waals surface area contributed by atoms with E-state index in [4.69, 9.17) is 15.3 Å². The lowest BCUT2D eigenvalue weighted by Gasteiger charge is -2.04. The van der Waals surface area contributed by atoms with Gasteiger partial charge in [0, 0.05) is 6.54 Å². The maximum absolute atomic E-state index is 11.5. The molecule has 1 amide bonds. The highest BCUT2D eigenvalue weighted by Gasteiger charge is 2.09. The maximum Gasteiger partial charge on any atom is 0.286 e. The molecule has 5 heteroatoms. The number of nitrogens with two attached hydrogens (primary N) is 1. The van der Waals surface area contributed by atoms with Gasteiger partial charge in [0.05, 0.1) is 12.6 Å². The third-order valence-corrected chi connectivity index (χ3v) is 2.17. The van der Waals surface area contributed by atoms with Gasteiger partial charge in [-0.2, -0.15) is 0 Å². The normalized spacial score (nSPS) is 12.4. The fraction of sp³-hybridized carbons (Fsp3) is 0.545. The Balaban J connectivity index is 2.29. The van der Waals surface area contributed by atoms with Gasteiger partial charge in [-0.3, -0.25) is 4.79 Å². The number of aliphatic hydroxyl groups is 1. The van der Waals surface area contributed by atoms with Gasteiger partial charge in [0.15, 0.2) is 5.76 Å². The van der Waals surface area contributed by atoms with Crippen LogP contribution in [0.15, 0.2) is 16.5 Å². The first-order valence-electron chi connectivity index (χ1n) is 5.38. The molecule has 0 aromatic carbocycles. The average Bonchev–Trinajstić information content (AvgIpc) is 2.72. The summed E-state index contributed by atoms with van der Waals surface area (Å²) in [5, 5.41) is 11.7. The van der Waals surface area contributed by atoms with Gasteiger partial charge >= 0.3 is 0 Å². The topological polar surface area (TPSA) is 88.5 Å². The number of hydrogen-bond acceptors (Lipinski definition) is 4. The molecule has 0 saturated carbocycles. The fourth-order valence-corrected chi connectivity index (χ4v) is 1.30. The quantitative estimate of drug-likeness (QED) is 0.621. The summed E-state index contributed by atoms with van der Waals surface area (Å²) in [6.45, 7) is 2.54. The van der Waals surface area contributed by atoms with Crippen molar-refractivity contribution in [1.29, 1.82) is 0 Å². The third kappa shape index (κ3) is 4.04. The van der Waals surface area contributed by atoms with Crippen LogP contribution in [0.3, 0.4) is 0 Å². The third-order valence-electron chi connectivity index (χ3n) is 2.17. The lowest BCUT2D eigenvalue weighted by molar-refractivity contribution is 0.0920. The highest BCUT2D eigenvalue weighted by atomic mass is 16.4. The number of nitrogens with one attached hydrogen (secondary N) is 1. The Bertz CT molecular complexity index is 334. The molecule has 1 rings (SSSR count). The molecular weight excluding hydrogens is 208 g/mol. The molecule has 0 radical (unpaired) electrons. The smallest absolute Gasteiger partial charge is 0.286 e. The Morgan fingerprint density at radius 1 is 1.62 bits per heavy atom. The summed E-state index contributed by atoms with van der Waals surface area (Å²) in [7, 11) is 0. The molecule has 0 aliphatic carbocycles. The number of rotatable bonds is 6. The van der Waals surface area contributed by atoms with Gasteiger partial charge < -0.3 is 20.6 Å². The Morgan fingerprint density at radius 3 is 2.94 bits per heavy atom. The fourth-order valence-electron chi connectivity index (χ4n) is 1.30. The largest absolute Gasteiger partial charge is 0.455 e. The van der Waals surface area contributed by atoms with Crippen LogP contribution in [-0.2, 0) is 6.54 Å². The highest BCUT2D eigenvalue weighted by Crippen LogP contribution is 2.06. The molecule has 0 spiro atoms. The molecule has 16 heavy (non-hydrogen) atoms. The summed E-state index contributed by atoms with van der Waals surface area (Å²) in [5.41, 5.74) is 5.37. The van der Waals surface area contributed by atoms with Crippen LogP contribution in [0, 0.1) is 0 Å². The summed E-state index contributed by atoms with van der Waals surface area (Å²) >= 11 is 0.